The third-order valence-electron chi connectivity index (χ3n) is 3.73. The van der Waals surface area contributed by atoms with Gasteiger partial charge in [-0.15, -0.1) is 0 Å². The van der Waals surface area contributed by atoms with Gasteiger partial charge in [-0.3, -0.25) is 9.59 Å². The number of carbonyl (C=O) groups excluding carboxylic acids is 2. The van der Waals surface area contributed by atoms with E-state index in [0.717, 1.165) is 25.7 Å². The minimum atomic E-state index is -0.451. The first kappa shape index (κ1) is 11.5. The van der Waals surface area contributed by atoms with Crippen molar-refractivity contribution in [3.05, 3.63) is 34.9 Å². The fraction of sp³-hybridized carbons (Fsp3) is 0.467. The molecule has 1 saturated carbocycles. The molecule has 0 bridgehead atoms. The Hall–Kier alpha value is -1.64. The highest BCUT2D eigenvalue weighted by atomic mass is 16.2. The third kappa shape index (κ3) is 2.30. The molecule has 0 radical (unpaired) electrons. The van der Waals surface area contributed by atoms with Gasteiger partial charge in [-0.1, -0.05) is 12.1 Å². The summed E-state index contributed by atoms with van der Waals surface area (Å²) < 4.78 is 0. The number of benzene rings is 1. The van der Waals surface area contributed by atoms with Crippen LogP contribution in [0.4, 0.5) is 0 Å². The third-order valence-corrected chi connectivity index (χ3v) is 3.73. The maximum atomic E-state index is 12.0. The molecule has 2 aliphatic carbocycles. The van der Waals surface area contributed by atoms with Crippen LogP contribution in [-0.4, -0.2) is 17.7 Å². The number of hydrogen-bond donors (Lipinski definition) is 1. The summed E-state index contributed by atoms with van der Waals surface area (Å²) >= 11 is 0. The van der Waals surface area contributed by atoms with Gasteiger partial charge in [-0.25, -0.2) is 0 Å². The summed E-state index contributed by atoms with van der Waals surface area (Å²) in [4.78, 5) is 23.7. The van der Waals surface area contributed by atoms with E-state index < -0.39 is 11.7 Å². The molecule has 0 aromatic heterocycles. The Bertz CT molecular complexity index is 503. The number of nitrogens with one attached hydrogen (secondary N) is 1. The first-order valence-electron chi connectivity index (χ1n) is 6.71. The van der Waals surface area contributed by atoms with Crippen LogP contribution < -0.4 is 5.32 Å². The summed E-state index contributed by atoms with van der Waals surface area (Å²) in [5, 5.41) is 2.74. The van der Waals surface area contributed by atoms with Gasteiger partial charge in [-0.05, 0) is 55.7 Å². The maximum Gasteiger partial charge on any atom is 0.292 e. The lowest BCUT2D eigenvalue weighted by molar-refractivity contribution is -0.117. The first-order chi connectivity index (χ1) is 8.74. The lowest BCUT2D eigenvalue weighted by Crippen LogP contribution is -2.32. The highest BCUT2D eigenvalue weighted by molar-refractivity contribution is 6.42. The fourth-order valence-electron chi connectivity index (χ4n) is 2.48. The number of rotatable bonds is 3. The van der Waals surface area contributed by atoms with Crippen LogP contribution in [0.2, 0.25) is 0 Å². The molecule has 0 unspecified atom stereocenters. The van der Waals surface area contributed by atoms with Crippen molar-refractivity contribution in [2.45, 2.75) is 44.6 Å². The van der Waals surface area contributed by atoms with Crippen LogP contribution in [0, 0.1) is 0 Å². The summed E-state index contributed by atoms with van der Waals surface area (Å²) in [6, 6.07) is 5.94. The van der Waals surface area contributed by atoms with E-state index >= 15 is 0 Å². The fourth-order valence-corrected chi connectivity index (χ4v) is 2.48. The van der Waals surface area contributed by atoms with Crippen molar-refractivity contribution in [3.8, 4) is 0 Å². The zero-order chi connectivity index (χ0) is 12.5. The highest BCUT2D eigenvalue weighted by Gasteiger charge is 2.27. The molecule has 3 rings (SSSR count). The van der Waals surface area contributed by atoms with Crippen molar-refractivity contribution < 1.29 is 9.59 Å². The SMILES string of the molecule is O=C(NC1CC1)C(=O)c1ccc2c(c1)CCCC2. The molecule has 1 N–H and O–H groups in total. The van der Waals surface area contributed by atoms with E-state index in [0.29, 0.717) is 5.56 Å². The van der Waals surface area contributed by atoms with E-state index in [-0.39, 0.29) is 6.04 Å². The molecule has 0 atom stereocenters. The van der Waals surface area contributed by atoms with Gasteiger partial charge >= 0.3 is 0 Å². The lowest BCUT2D eigenvalue weighted by Gasteiger charge is -2.16. The topological polar surface area (TPSA) is 46.2 Å². The zero-order valence-corrected chi connectivity index (χ0v) is 10.4. The van der Waals surface area contributed by atoms with Gasteiger partial charge in [-0.2, -0.15) is 0 Å². The van der Waals surface area contributed by atoms with Crippen molar-refractivity contribution >= 4 is 11.7 Å². The Morgan fingerprint density at radius 1 is 1.06 bits per heavy atom. The molecule has 3 heteroatoms. The molecule has 0 spiro atoms. The van der Waals surface area contributed by atoms with Crippen LogP contribution in [0.25, 0.3) is 0 Å². The second-order valence-electron chi connectivity index (χ2n) is 5.27. The van der Waals surface area contributed by atoms with Crippen molar-refractivity contribution in [2.24, 2.45) is 0 Å². The monoisotopic (exact) mass is 243 g/mol. The summed E-state index contributed by atoms with van der Waals surface area (Å²) in [6.45, 7) is 0. The largest absolute Gasteiger partial charge is 0.346 e. The highest BCUT2D eigenvalue weighted by Crippen LogP contribution is 2.23. The maximum absolute atomic E-state index is 12.0. The molecule has 1 aromatic carbocycles. The summed E-state index contributed by atoms with van der Waals surface area (Å²) in [6.07, 6.45) is 6.53. The van der Waals surface area contributed by atoms with Crippen molar-refractivity contribution in [3.63, 3.8) is 0 Å². The minimum Gasteiger partial charge on any atom is -0.346 e. The standard InChI is InChI=1S/C15H17NO2/c17-14(15(18)16-13-7-8-13)12-6-5-10-3-1-2-4-11(10)9-12/h5-6,9,13H,1-4,7-8H2,(H,16,18). The van der Waals surface area contributed by atoms with Crippen LogP contribution in [0.1, 0.15) is 47.2 Å². The minimum absolute atomic E-state index is 0.235. The number of ketones is 1. The molecule has 18 heavy (non-hydrogen) atoms. The van der Waals surface area contributed by atoms with Crippen molar-refractivity contribution in [1.29, 1.82) is 0 Å². The molecule has 3 nitrogen and oxygen atoms in total. The molecule has 94 valence electrons. The Morgan fingerprint density at radius 3 is 2.50 bits per heavy atom. The smallest absolute Gasteiger partial charge is 0.292 e. The summed E-state index contributed by atoms with van der Waals surface area (Å²) in [7, 11) is 0. The lowest BCUT2D eigenvalue weighted by atomic mass is 9.90. The predicted molar refractivity (Wildman–Crippen MR) is 68.6 cm³/mol. The number of amides is 1. The van der Waals surface area contributed by atoms with Crippen LogP contribution in [0.15, 0.2) is 18.2 Å². The van der Waals surface area contributed by atoms with E-state index in [4.69, 9.17) is 0 Å². The number of fused-ring (bicyclic) bond motifs is 1. The van der Waals surface area contributed by atoms with Crippen molar-refractivity contribution in [2.75, 3.05) is 0 Å². The van der Waals surface area contributed by atoms with Crippen LogP contribution in [0.5, 0.6) is 0 Å². The Balaban J connectivity index is 1.78. The number of carbonyl (C=O) groups is 2. The molecule has 1 fully saturated rings. The van der Waals surface area contributed by atoms with E-state index in [1.54, 1.807) is 6.07 Å². The number of hydrogen-bond acceptors (Lipinski definition) is 2. The van der Waals surface area contributed by atoms with Crippen LogP contribution in [-0.2, 0) is 17.6 Å². The van der Waals surface area contributed by atoms with Crippen LogP contribution in [0.3, 0.4) is 0 Å². The molecule has 1 aromatic rings. The van der Waals surface area contributed by atoms with Gasteiger partial charge in [0, 0.05) is 11.6 Å². The van der Waals surface area contributed by atoms with Gasteiger partial charge in [0.2, 0.25) is 5.78 Å². The van der Waals surface area contributed by atoms with Crippen molar-refractivity contribution in [1.82, 2.24) is 5.32 Å². The summed E-state index contributed by atoms with van der Waals surface area (Å²) in [5.41, 5.74) is 3.11. The number of aryl methyl sites for hydroxylation is 2. The molecular weight excluding hydrogens is 226 g/mol. The Morgan fingerprint density at radius 2 is 1.78 bits per heavy atom. The Kier molecular flexibility index (Phi) is 2.90. The van der Waals surface area contributed by atoms with Gasteiger partial charge < -0.3 is 5.32 Å². The molecule has 0 aliphatic heterocycles. The van der Waals surface area contributed by atoms with Gasteiger partial charge in [0.1, 0.15) is 0 Å². The number of Topliss-reactive ketones (excluding diaryl/α,β-unsaturated/α-hetero) is 1. The second-order valence-corrected chi connectivity index (χ2v) is 5.27. The zero-order valence-electron chi connectivity index (χ0n) is 10.4. The van der Waals surface area contributed by atoms with E-state index in [9.17, 15) is 9.59 Å². The van der Waals surface area contributed by atoms with Gasteiger partial charge in [0.25, 0.3) is 5.91 Å². The molecule has 0 saturated heterocycles. The van der Waals surface area contributed by atoms with E-state index in [2.05, 4.69) is 5.32 Å². The first-order valence-corrected chi connectivity index (χ1v) is 6.71. The van der Waals surface area contributed by atoms with E-state index in [1.165, 1.54) is 24.0 Å². The Labute approximate surface area is 107 Å². The molecule has 0 heterocycles. The molecular formula is C15H17NO2. The average Bonchev–Trinajstić information content (AvgIpc) is 3.21. The molecule has 1 amide bonds. The normalized spacial score (nSPS) is 18.0. The second kappa shape index (κ2) is 4.56. The predicted octanol–water partition coefficient (Wildman–Crippen LogP) is 2.03. The molecule has 2 aliphatic rings. The van der Waals surface area contributed by atoms with E-state index in [1.807, 2.05) is 12.1 Å². The summed E-state index contributed by atoms with van der Waals surface area (Å²) in [5.74, 6) is -0.844. The van der Waals surface area contributed by atoms with Crippen LogP contribution >= 0.6 is 0 Å². The van der Waals surface area contributed by atoms with Gasteiger partial charge in [0.15, 0.2) is 0 Å². The quantitative estimate of drug-likeness (QED) is 0.652. The average molecular weight is 243 g/mol. The van der Waals surface area contributed by atoms with Gasteiger partial charge in [0.05, 0.1) is 0 Å².